The normalized spacial score (nSPS) is 24.4. The van der Waals surface area contributed by atoms with Gasteiger partial charge in [-0.2, -0.15) is 0 Å². The van der Waals surface area contributed by atoms with Crippen molar-refractivity contribution in [1.82, 2.24) is 0 Å². The minimum absolute atomic E-state index is 0. The van der Waals surface area contributed by atoms with E-state index in [9.17, 15) is 0 Å². The van der Waals surface area contributed by atoms with Gasteiger partial charge >= 0.3 is 0 Å². The lowest BCUT2D eigenvalue weighted by Gasteiger charge is -2.29. The maximum absolute atomic E-state index is 2.39. The summed E-state index contributed by atoms with van der Waals surface area (Å²) in [6.07, 6.45) is 11.7. The highest BCUT2D eigenvalue weighted by Crippen LogP contribution is 2.14. The highest BCUT2D eigenvalue weighted by atomic mass is 127. The minimum Gasteiger partial charge on any atom is -1.00 e. The monoisotopic (exact) mass is 311 g/mol. The van der Waals surface area contributed by atoms with Crippen molar-refractivity contribution in [3.8, 4) is 0 Å². The number of rotatable bonds is 0. The Morgan fingerprint density at radius 2 is 0.857 bits per heavy atom. The van der Waals surface area contributed by atoms with E-state index in [4.69, 9.17) is 0 Å². The van der Waals surface area contributed by atoms with Crippen molar-refractivity contribution in [1.29, 1.82) is 0 Å². The van der Waals surface area contributed by atoms with Crippen LogP contribution in [-0.2, 0) is 0 Å². The molecule has 0 aromatic rings. The van der Waals surface area contributed by atoms with Gasteiger partial charge in [0.05, 0.1) is 27.2 Å². The zero-order valence-corrected chi connectivity index (χ0v) is 12.1. The van der Waals surface area contributed by atoms with Crippen LogP contribution in [0.1, 0.15) is 51.4 Å². The Labute approximate surface area is 107 Å². The molecule has 1 fully saturated rings. The Morgan fingerprint density at radius 1 is 0.571 bits per heavy atom. The van der Waals surface area contributed by atoms with E-state index in [2.05, 4.69) is 14.1 Å². The van der Waals surface area contributed by atoms with Crippen LogP contribution in [0, 0.1) is 0 Å². The van der Waals surface area contributed by atoms with Crippen molar-refractivity contribution in [2.45, 2.75) is 51.4 Å². The molecule has 0 aliphatic carbocycles. The fourth-order valence-corrected chi connectivity index (χ4v) is 2.25. The van der Waals surface area contributed by atoms with Crippen LogP contribution in [0.2, 0.25) is 0 Å². The van der Waals surface area contributed by atoms with E-state index in [1.54, 1.807) is 0 Å². The van der Waals surface area contributed by atoms with Gasteiger partial charge in [0.2, 0.25) is 0 Å². The van der Waals surface area contributed by atoms with E-state index in [1.807, 2.05) is 0 Å². The topological polar surface area (TPSA) is 0 Å². The molecule has 0 unspecified atom stereocenters. The predicted octanol–water partition coefficient (Wildman–Crippen LogP) is 0.201. The third-order valence-corrected chi connectivity index (χ3v) is 3.28. The molecule has 1 heterocycles. The van der Waals surface area contributed by atoms with Crippen LogP contribution in [0.15, 0.2) is 0 Å². The number of halogens is 1. The second-order valence-corrected chi connectivity index (χ2v) is 5.21. The summed E-state index contributed by atoms with van der Waals surface area (Å²) in [6, 6.07) is 0. The Balaban J connectivity index is 0.00000169. The van der Waals surface area contributed by atoms with Crippen molar-refractivity contribution in [3.63, 3.8) is 0 Å². The van der Waals surface area contributed by atoms with Crippen molar-refractivity contribution >= 4 is 0 Å². The van der Waals surface area contributed by atoms with Gasteiger partial charge in [-0.25, -0.2) is 0 Å². The van der Waals surface area contributed by atoms with Crippen LogP contribution in [0.3, 0.4) is 0 Å². The van der Waals surface area contributed by atoms with E-state index in [0.29, 0.717) is 0 Å². The van der Waals surface area contributed by atoms with Crippen molar-refractivity contribution in [2.24, 2.45) is 0 Å². The van der Waals surface area contributed by atoms with Gasteiger partial charge in [-0.1, -0.05) is 25.7 Å². The third-order valence-electron chi connectivity index (χ3n) is 3.28. The van der Waals surface area contributed by atoms with Gasteiger partial charge in [-0.15, -0.1) is 0 Å². The fraction of sp³-hybridized carbons (Fsp3) is 1.00. The predicted molar refractivity (Wildman–Crippen MR) is 58.8 cm³/mol. The maximum Gasteiger partial charge on any atom is 0.0782 e. The standard InChI is InChI=1S/C12H26N.HI/c1-13(2)11-9-7-5-3-4-6-8-10-12-13;/h3-12H2,1-2H3;1H/q+1;/p-1. The van der Waals surface area contributed by atoms with Crippen LogP contribution in [-0.4, -0.2) is 31.7 Å². The highest BCUT2D eigenvalue weighted by molar-refractivity contribution is 4.49. The fourth-order valence-electron chi connectivity index (χ4n) is 2.25. The molecular weight excluding hydrogens is 285 g/mol. The van der Waals surface area contributed by atoms with Gasteiger partial charge in [0.25, 0.3) is 0 Å². The summed E-state index contributed by atoms with van der Waals surface area (Å²) in [5, 5.41) is 0. The SMILES string of the molecule is C[N+]1(C)CCCCCCCCCC1.[I-]. The molecule has 86 valence electrons. The first-order chi connectivity index (χ1) is 6.21. The van der Waals surface area contributed by atoms with E-state index < -0.39 is 0 Å². The molecule has 1 aliphatic rings. The van der Waals surface area contributed by atoms with Gasteiger partial charge < -0.3 is 28.5 Å². The smallest absolute Gasteiger partial charge is 0.0782 e. The summed E-state index contributed by atoms with van der Waals surface area (Å²) in [6.45, 7) is 2.78. The van der Waals surface area contributed by atoms with E-state index in [0.717, 1.165) is 0 Å². The second-order valence-electron chi connectivity index (χ2n) is 5.21. The average Bonchev–Trinajstić information content (AvgIpc) is 2.10. The van der Waals surface area contributed by atoms with Crippen molar-refractivity contribution in [3.05, 3.63) is 0 Å². The molecule has 0 saturated carbocycles. The van der Waals surface area contributed by atoms with E-state index in [-0.39, 0.29) is 24.0 Å². The van der Waals surface area contributed by atoms with Gasteiger partial charge in [0.1, 0.15) is 0 Å². The van der Waals surface area contributed by atoms with Crippen LogP contribution in [0.25, 0.3) is 0 Å². The molecule has 1 saturated heterocycles. The number of hydrogen-bond donors (Lipinski definition) is 0. The molecule has 14 heavy (non-hydrogen) atoms. The van der Waals surface area contributed by atoms with E-state index in [1.165, 1.54) is 68.9 Å². The molecule has 0 aromatic heterocycles. The van der Waals surface area contributed by atoms with Crippen LogP contribution < -0.4 is 24.0 Å². The summed E-state index contributed by atoms with van der Waals surface area (Å²) in [7, 11) is 4.77. The van der Waals surface area contributed by atoms with E-state index >= 15 is 0 Å². The first-order valence-corrected chi connectivity index (χ1v) is 6.03. The summed E-state index contributed by atoms with van der Waals surface area (Å²) >= 11 is 0. The zero-order chi connectivity index (χ0) is 9.57. The van der Waals surface area contributed by atoms with Gasteiger partial charge in [0, 0.05) is 0 Å². The largest absolute Gasteiger partial charge is 1.00 e. The molecule has 0 aromatic carbocycles. The number of hydrogen-bond acceptors (Lipinski definition) is 0. The molecule has 0 atom stereocenters. The van der Waals surface area contributed by atoms with Gasteiger partial charge in [0.15, 0.2) is 0 Å². The molecule has 2 heteroatoms. The average molecular weight is 311 g/mol. The number of nitrogens with zero attached hydrogens (tertiary/aromatic N) is 1. The summed E-state index contributed by atoms with van der Waals surface area (Å²) in [5.74, 6) is 0. The lowest BCUT2D eigenvalue weighted by molar-refractivity contribution is -0.890. The molecule has 0 amide bonds. The Bertz CT molecular complexity index is 120. The first-order valence-electron chi connectivity index (χ1n) is 6.03. The summed E-state index contributed by atoms with van der Waals surface area (Å²) < 4.78 is 1.25. The Hall–Kier alpha value is 0.690. The number of quaternary nitrogens is 1. The Kier molecular flexibility index (Phi) is 8.30. The molecule has 1 rings (SSSR count). The highest BCUT2D eigenvalue weighted by Gasteiger charge is 2.13. The van der Waals surface area contributed by atoms with Crippen LogP contribution in [0.4, 0.5) is 0 Å². The Morgan fingerprint density at radius 3 is 1.21 bits per heavy atom. The van der Waals surface area contributed by atoms with Crippen molar-refractivity contribution in [2.75, 3.05) is 27.2 Å². The molecule has 0 spiro atoms. The lowest BCUT2D eigenvalue weighted by Crippen LogP contribution is -3.00. The van der Waals surface area contributed by atoms with Gasteiger partial charge in [-0.3, -0.25) is 0 Å². The summed E-state index contributed by atoms with van der Waals surface area (Å²) in [4.78, 5) is 0. The van der Waals surface area contributed by atoms with Gasteiger partial charge in [-0.05, 0) is 25.7 Å². The lowest BCUT2D eigenvalue weighted by atomic mass is 10.1. The van der Waals surface area contributed by atoms with Crippen LogP contribution in [0.5, 0.6) is 0 Å². The zero-order valence-electron chi connectivity index (χ0n) is 9.90. The second kappa shape index (κ2) is 7.91. The molecule has 1 aliphatic heterocycles. The summed E-state index contributed by atoms with van der Waals surface area (Å²) in [5.41, 5.74) is 0. The third kappa shape index (κ3) is 7.04. The quantitative estimate of drug-likeness (QED) is 0.443. The first kappa shape index (κ1) is 14.7. The maximum atomic E-state index is 2.39. The molecule has 1 nitrogen and oxygen atoms in total. The van der Waals surface area contributed by atoms with Crippen molar-refractivity contribution < 1.29 is 28.5 Å². The molecule has 0 radical (unpaired) electrons. The minimum atomic E-state index is 0. The molecule has 0 N–H and O–H groups in total. The molecular formula is C12H26IN. The van der Waals surface area contributed by atoms with Crippen LogP contribution >= 0.6 is 0 Å². The molecule has 0 bridgehead atoms.